The van der Waals surface area contributed by atoms with Gasteiger partial charge in [-0.15, -0.1) is 12.4 Å². The summed E-state index contributed by atoms with van der Waals surface area (Å²) in [6, 6.07) is 7.89. The molecule has 0 radical (unpaired) electrons. The zero-order chi connectivity index (χ0) is 16.2. The number of hydrogen-bond donors (Lipinski definition) is 1. The van der Waals surface area contributed by atoms with E-state index >= 15 is 0 Å². The molecule has 1 fully saturated rings. The van der Waals surface area contributed by atoms with E-state index in [1.807, 2.05) is 45.2 Å². The first-order chi connectivity index (χ1) is 10.5. The smallest absolute Gasteiger partial charge is 0.227 e. The first-order valence-electron chi connectivity index (χ1n) is 8.20. The molecule has 5 heteroatoms. The van der Waals surface area contributed by atoms with Crippen molar-refractivity contribution in [3.8, 4) is 5.75 Å². The van der Waals surface area contributed by atoms with Crippen LogP contribution in [0.1, 0.15) is 45.1 Å². The number of benzene rings is 1. The minimum atomic E-state index is -0.386. The highest BCUT2D eigenvalue weighted by Crippen LogP contribution is 2.33. The van der Waals surface area contributed by atoms with E-state index in [1.165, 1.54) is 0 Å². The fourth-order valence-corrected chi connectivity index (χ4v) is 3.29. The molecule has 1 aliphatic carbocycles. The van der Waals surface area contributed by atoms with Crippen LogP contribution in [-0.2, 0) is 11.3 Å². The molecule has 1 aromatic carbocycles. The number of nitrogens with zero attached hydrogens (tertiary/aromatic N) is 1. The second-order valence-corrected chi connectivity index (χ2v) is 6.54. The van der Waals surface area contributed by atoms with Crippen LogP contribution in [0.2, 0.25) is 0 Å². The molecular formula is C18H29ClN2O2. The quantitative estimate of drug-likeness (QED) is 0.894. The van der Waals surface area contributed by atoms with Crippen molar-refractivity contribution in [3.63, 3.8) is 0 Å². The number of amides is 1. The molecule has 0 aliphatic heterocycles. The molecule has 0 bridgehead atoms. The normalized spacial score (nSPS) is 23.7. The first kappa shape index (κ1) is 19.8. The summed E-state index contributed by atoms with van der Waals surface area (Å²) in [6.07, 6.45) is 4.02. The van der Waals surface area contributed by atoms with Crippen LogP contribution in [0.3, 0.4) is 0 Å². The SMILES string of the molecule is CCOc1ccccc1CN(C)C(=O)C1CCCCC1(C)N.Cl. The summed E-state index contributed by atoms with van der Waals surface area (Å²) in [4.78, 5) is 14.6. The Balaban J connectivity index is 0.00000264. The molecule has 1 amide bonds. The van der Waals surface area contributed by atoms with Gasteiger partial charge in [0.15, 0.2) is 0 Å². The van der Waals surface area contributed by atoms with Gasteiger partial charge in [-0.3, -0.25) is 4.79 Å². The van der Waals surface area contributed by atoms with Gasteiger partial charge in [-0.1, -0.05) is 31.0 Å². The summed E-state index contributed by atoms with van der Waals surface area (Å²) in [5.41, 5.74) is 7.01. The maximum Gasteiger partial charge on any atom is 0.227 e. The van der Waals surface area contributed by atoms with Crippen molar-refractivity contribution in [2.45, 2.75) is 51.6 Å². The van der Waals surface area contributed by atoms with E-state index in [0.29, 0.717) is 13.2 Å². The van der Waals surface area contributed by atoms with Gasteiger partial charge in [0.2, 0.25) is 5.91 Å². The highest BCUT2D eigenvalue weighted by Gasteiger charge is 2.39. The second kappa shape index (κ2) is 8.55. The molecular weight excluding hydrogens is 312 g/mol. The van der Waals surface area contributed by atoms with Crippen molar-refractivity contribution in [1.29, 1.82) is 0 Å². The first-order valence-corrected chi connectivity index (χ1v) is 8.20. The molecule has 2 rings (SSSR count). The minimum absolute atomic E-state index is 0. The van der Waals surface area contributed by atoms with Crippen molar-refractivity contribution in [3.05, 3.63) is 29.8 Å². The number of nitrogens with two attached hydrogens (primary N) is 1. The lowest BCUT2D eigenvalue weighted by Crippen LogP contribution is -2.53. The van der Waals surface area contributed by atoms with Gasteiger partial charge in [0, 0.05) is 24.7 Å². The predicted molar refractivity (Wildman–Crippen MR) is 95.9 cm³/mol. The third kappa shape index (κ3) is 4.85. The minimum Gasteiger partial charge on any atom is -0.494 e. The van der Waals surface area contributed by atoms with Crippen molar-refractivity contribution in [2.75, 3.05) is 13.7 Å². The molecule has 0 spiro atoms. The maximum atomic E-state index is 12.8. The molecule has 2 atom stereocenters. The van der Waals surface area contributed by atoms with Crippen molar-refractivity contribution >= 4 is 18.3 Å². The lowest BCUT2D eigenvalue weighted by Gasteiger charge is -2.39. The van der Waals surface area contributed by atoms with Crippen LogP contribution >= 0.6 is 12.4 Å². The third-order valence-electron chi connectivity index (χ3n) is 4.61. The molecule has 0 saturated heterocycles. The average molecular weight is 341 g/mol. The predicted octanol–water partition coefficient (Wildman–Crippen LogP) is 3.37. The molecule has 1 aromatic rings. The fraction of sp³-hybridized carbons (Fsp3) is 0.611. The van der Waals surface area contributed by atoms with Crippen LogP contribution < -0.4 is 10.5 Å². The number of halogens is 1. The zero-order valence-corrected chi connectivity index (χ0v) is 15.2. The molecule has 1 saturated carbocycles. The van der Waals surface area contributed by atoms with Gasteiger partial charge in [-0.2, -0.15) is 0 Å². The average Bonchev–Trinajstić information content (AvgIpc) is 2.48. The number of carbonyl (C=O) groups excluding carboxylic acids is 1. The second-order valence-electron chi connectivity index (χ2n) is 6.54. The van der Waals surface area contributed by atoms with Gasteiger partial charge < -0.3 is 15.4 Å². The summed E-state index contributed by atoms with van der Waals surface area (Å²) < 4.78 is 5.64. The Hall–Kier alpha value is -1.26. The lowest BCUT2D eigenvalue weighted by atomic mass is 9.74. The molecule has 1 aliphatic rings. The molecule has 130 valence electrons. The summed E-state index contributed by atoms with van der Waals surface area (Å²) in [6.45, 7) is 5.16. The maximum absolute atomic E-state index is 12.8. The number of hydrogen-bond acceptors (Lipinski definition) is 3. The van der Waals surface area contributed by atoms with Gasteiger partial charge in [-0.25, -0.2) is 0 Å². The molecule has 23 heavy (non-hydrogen) atoms. The topological polar surface area (TPSA) is 55.6 Å². The highest BCUT2D eigenvalue weighted by atomic mass is 35.5. The Labute approximate surface area is 145 Å². The molecule has 2 N–H and O–H groups in total. The van der Waals surface area contributed by atoms with E-state index < -0.39 is 0 Å². The monoisotopic (exact) mass is 340 g/mol. The lowest BCUT2D eigenvalue weighted by molar-refractivity contribution is -0.138. The number of rotatable bonds is 5. The highest BCUT2D eigenvalue weighted by molar-refractivity contribution is 5.85. The zero-order valence-electron chi connectivity index (χ0n) is 14.4. The van der Waals surface area contributed by atoms with E-state index in [0.717, 1.165) is 37.0 Å². The Morgan fingerprint density at radius 3 is 2.74 bits per heavy atom. The van der Waals surface area contributed by atoms with Gasteiger partial charge >= 0.3 is 0 Å². The summed E-state index contributed by atoms with van der Waals surface area (Å²) in [5.74, 6) is 0.922. The van der Waals surface area contributed by atoms with Crippen molar-refractivity contribution < 1.29 is 9.53 Å². The van der Waals surface area contributed by atoms with Crippen LogP contribution in [-0.4, -0.2) is 30.0 Å². The van der Waals surface area contributed by atoms with Crippen molar-refractivity contribution in [1.82, 2.24) is 4.90 Å². The molecule has 0 heterocycles. The summed E-state index contributed by atoms with van der Waals surface area (Å²) in [7, 11) is 1.86. The number of carbonyl (C=O) groups is 1. The standard InChI is InChI=1S/C18H28N2O2.ClH/c1-4-22-16-11-6-5-9-14(16)13-20(3)17(21)15-10-7-8-12-18(15,2)19;/h5-6,9,11,15H,4,7-8,10,12-13,19H2,1-3H3;1H. The van der Waals surface area contributed by atoms with E-state index in [9.17, 15) is 4.79 Å². The van der Waals surface area contributed by atoms with E-state index in [2.05, 4.69) is 0 Å². The van der Waals surface area contributed by atoms with Gasteiger partial charge in [0.05, 0.1) is 12.5 Å². The summed E-state index contributed by atoms with van der Waals surface area (Å²) >= 11 is 0. The Bertz CT molecular complexity index is 519. The van der Waals surface area contributed by atoms with Crippen LogP contribution in [0.4, 0.5) is 0 Å². The van der Waals surface area contributed by atoms with Crippen LogP contribution in [0.25, 0.3) is 0 Å². The van der Waals surface area contributed by atoms with Gasteiger partial charge in [-0.05, 0) is 32.8 Å². The number of ether oxygens (including phenoxy) is 1. The largest absolute Gasteiger partial charge is 0.494 e. The van der Waals surface area contributed by atoms with E-state index in [4.69, 9.17) is 10.5 Å². The van der Waals surface area contributed by atoms with Crippen LogP contribution in [0.15, 0.2) is 24.3 Å². The summed E-state index contributed by atoms with van der Waals surface area (Å²) in [5, 5.41) is 0. The number of para-hydroxylation sites is 1. The van der Waals surface area contributed by atoms with Gasteiger partial charge in [0.1, 0.15) is 5.75 Å². The van der Waals surface area contributed by atoms with Crippen LogP contribution in [0.5, 0.6) is 5.75 Å². The van der Waals surface area contributed by atoms with Crippen LogP contribution in [0, 0.1) is 5.92 Å². The van der Waals surface area contributed by atoms with E-state index in [-0.39, 0.29) is 29.8 Å². The molecule has 0 aromatic heterocycles. The fourth-order valence-electron chi connectivity index (χ4n) is 3.29. The Morgan fingerprint density at radius 1 is 1.39 bits per heavy atom. The Morgan fingerprint density at radius 2 is 2.09 bits per heavy atom. The molecule has 4 nitrogen and oxygen atoms in total. The Kier molecular flexibility index (Phi) is 7.36. The van der Waals surface area contributed by atoms with Crippen molar-refractivity contribution in [2.24, 2.45) is 11.7 Å². The van der Waals surface area contributed by atoms with Gasteiger partial charge in [0.25, 0.3) is 0 Å². The van der Waals surface area contributed by atoms with E-state index in [1.54, 1.807) is 4.90 Å². The molecule has 2 unspecified atom stereocenters. The third-order valence-corrected chi connectivity index (χ3v) is 4.61.